The predicted molar refractivity (Wildman–Crippen MR) is 142 cm³/mol. The average Bonchev–Trinajstić information content (AvgIpc) is 3.39. The predicted octanol–water partition coefficient (Wildman–Crippen LogP) is 6.87. The van der Waals surface area contributed by atoms with E-state index >= 15 is 0 Å². The minimum atomic E-state index is -4.73. The van der Waals surface area contributed by atoms with Crippen molar-refractivity contribution in [3.8, 4) is 28.4 Å². The summed E-state index contributed by atoms with van der Waals surface area (Å²) >= 11 is 0. The first kappa shape index (κ1) is 27.4. The molecule has 0 unspecified atom stereocenters. The van der Waals surface area contributed by atoms with Crippen molar-refractivity contribution < 1.29 is 27.5 Å². The highest BCUT2D eigenvalue weighted by atomic mass is 19.4. The SMILES string of the molecule is C=CCOc1c(C)c(C)nc(C)c1CO/N=C/c1ccc(-c2cn(-c3ccc(OC(F)(F)F)cc3)cn2)cc1. The van der Waals surface area contributed by atoms with E-state index < -0.39 is 6.36 Å². The van der Waals surface area contributed by atoms with Crippen LogP contribution in [0.15, 0.2) is 78.9 Å². The van der Waals surface area contributed by atoms with Gasteiger partial charge in [0, 0.05) is 34.4 Å². The van der Waals surface area contributed by atoms with E-state index in [0.29, 0.717) is 18.0 Å². The molecule has 202 valence electrons. The number of alkyl halides is 3. The number of rotatable bonds is 10. The van der Waals surface area contributed by atoms with Gasteiger partial charge in [-0.1, -0.05) is 42.1 Å². The number of nitrogens with zero attached hydrogens (tertiary/aromatic N) is 4. The van der Waals surface area contributed by atoms with Crippen molar-refractivity contribution in [2.75, 3.05) is 6.61 Å². The molecule has 0 saturated heterocycles. The zero-order chi connectivity index (χ0) is 28.0. The van der Waals surface area contributed by atoms with Crippen molar-refractivity contribution in [1.82, 2.24) is 14.5 Å². The van der Waals surface area contributed by atoms with Gasteiger partial charge in [0.25, 0.3) is 0 Å². The number of aromatic nitrogens is 3. The smallest absolute Gasteiger partial charge is 0.489 e. The Bertz CT molecular complexity index is 1460. The summed E-state index contributed by atoms with van der Waals surface area (Å²) in [7, 11) is 0. The number of hydrogen-bond donors (Lipinski definition) is 0. The number of ether oxygens (including phenoxy) is 2. The highest BCUT2D eigenvalue weighted by molar-refractivity contribution is 5.80. The molecule has 0 N–H and O–H groups in total. The third-order valence-corrected chi connectivity index (χ3v) is 5.92. The fourth-order valence-electron chi connectivity index (χ4n) is 3.84. The maximum Gasteiger partial charge on any atom is 0.573 e. The zero-order valence-electron chi connectivity index (χ0n) is 21.7. The molecule has 39 heavy (non-hydrogen) atoms. The summed E-state index contributed by atoms with van der Waals surface area (Å²) in [5, 5.41) is 4.10. The number of hydrogen-bond acceptors (Lipinski definition) is 6. The van der Waals surface area contributed by atoms with Crippen LogP contribution in [0.5, 0.6) is 11.5 Å². The van der Waals surface area contributed by atoms with Gasteiger partial charge in [-0.05, 0) is 50.6 Å². The molecule has 10 heteroatoms. The van der Waals surface area contributed by atoms with Crippen molar-refractivity contribution in [1.29, 1.82) is 0 Å². The van der Waals surface area contributed by atoms with Gasteiger partial charge < -0.3 is 18.9 Å². The highest BCUT2D eigenvalue weighted by Gasteiger charge is 2.31. The summed E-state index contributed by atoms with van der Waals surface area (Å²) in [6.45, 7) is 10.1. The third kappa shape index (κ3) is 7.04. The van der Waals surface area contributed by atoms with Crippen LogP contribution in [0.1, 0.15) is 28.1 Å². The van der Waals surface area contributed by atoms with Gasteiger partial charge in [0.2, 0.25) is 0 Å². The summed E-state index contributed by atoms with van der Waals surface area (Å²) in [5.41, 5.74) is 6.56. The molecule has 0 aliphatic rings. The van der Waals surface area contributed by atoms with Gasteiger partial charge in [0.1, 0.15) is 24.7 Å². The standard InChI is InChI=1S/C29H27F3N4O3/c1-5-14-37-28-19(2)20(3)35-21(4)26(28)17-38-34-15-22-6-8-23(9-7-22)27-16-36(18-33-27)24-10-12-25(13-11-24)39-29(30,31)32/h5-13,15-16,18H,1,14,17H2,2-4H3/b34-15+. The molecule has 0 radical (unpaired) electrons. The Kier molecular flexibility index (Phi) is 8.33. The summed E-state index contributed by atoms with van der Waals surface area (Å²) in [6, 6.07) is 13.1. The topological polar surface area (TPSA) is 70.8 Å². The van der Waals surface area contributed by atoms with Crippen molar-refractivity contribution in [3.63, 3.8) is 0 Å². The molecule has 0 aliphatic carbocycles. The molecule has 4 aromatic rings. The van der Waals surface area contributed by atoms with Gasteiger partial charge in [0.15, 0.2) is 0 Å². The van der Waals surface area contributed by atoms with E-state index in [-0.39, 0.29) is 12.4 Å². The van der Waals surface area contributed by atoms with Crippen molar-refractivity contribution in [3.05, 3.63) is 102 Å². The molecule has 2 aromatic heterocycles. The van der Waals surface area contributed by atoms with E-state index in [2.05, 4.69) is 26.4 Å². The Balaban J connectivity index is 1.38. The van der Waals surface area contributed by atoms with Gasteiger partial charge in [-0.25, -0.2) is 4.98 Å². The molecule has 4 rings (SSSR count). The summed E-state index contributed by atoms with van der Waals surface area (Å²) < 4.78 is 48.6. The number of oxime groups is 1. The monoisotopic (exact) mass is 536 g/mol. The number of benzene rings is 2. The maximum atomic E-state index is 12.4. The van der Waals surface area contributed by atoms with Crippen molar-refractivity contribution in [2.24, 2.45) is 5.16 Å². The van der Waals surface area contributed by atoms with Crippen LogP contribution < -0.4 is 9.47 Å². The Morgan fingerprint density at radius 2 is 1.72 bits per heavy atom. The Hall–Kier alpha value is -4.60. The minimum absolute atomic E-state index is 0.210. The second kappa shape index (κ2) is 11.8. The normalized spacial score (nSPS) is 11.5. The lowest BCUT2D eigenvalue weighted by molar-refractivity contribution is -0.274. The molecule has 7 nitrogen and oxygen atoms in total. The first-order valence-corrected chi connectivity index (χ1v) is 12.0. The Morgan fingerprint density at radius 1 is 1.00 bits per heavy atom. The van der Waals surface area contributed by atoms with Crippen LogP contribution in [-0.4, -0.2) is 33.7 Å². The van der Waals surface area contributed by atoms with Crippen LogP contribution in [0, 0.1) is 20.8 Å². The summed E-state index contributed by atoms with van der Waals surface area (Å²) in [6.07, 6.45) is 1.96. The molecule has 0 aliphatic heterocycles. The fraction of sp³-hybridized carbons (Fsp3) is 0.207. The summed E-state index contributed by atoms with van der Waals surface area (Å²) in [4.78, 5) is 14.5. The van der Waals surface area contributed by atoms with Crippen LogP contribution in [0.3, 0.4) is 0 Å². The Labute approximate surface area is 224 Å². The number of aryl methyl sites for hydroxylation is 2. The lowest BCUT2D eigenvalue weighted by Crippen LogP contribution is -2.17. The molecule has 2 heterocycles. The fourth-order valence-corrected chi connectivity index (χ4v) is 3.84. The Morgan fingerprint density at radius 3 is 2.38 bits per heavy atom. The van der Waals surface area contributed by atoms with E-state index in [1.807, 2.05) is 45.0 Å². The van der Waals surface area contributed by atoms with Crippen LogP contribution in [0.4, 0.5) is 13.2 Å². The first-order valence-electron chi connectivity index (χ1n) is 12.0. The molecule has 0 atom stereocenters. The van der Waals surface area contributed by atoms with Gasteiger partial charge in [-0.15, -0.1) is 13.2 Å². The lowest BCUT2D eigenvalue weighted by Gasteiger charge is -2.16. The number of halogens is 3. The third-order valence-electron chi connectivity index (χ3n) is 5.92. The van der Waals surface area contributed by atoms with Gasteiger partial charge in [-0.2, -0.15) is 0 Å². The molecule has 0 amide bonds. The van der Waals surface area contributed by atoms with Crippen molar-refractivity contribution >= 4 is 6.21 Å². The van der Waals surface area contributed by atoms with Gasteiger partial charge in [0.05, 0.1) is 23.8 Å². The number of pyridine rings is 1. The quantitative estimate of drug-likeness (QED) is 0.126. The van der Waals surface area contributed by atoms with E-state index in [0.717, 1.165) is 39.4 Å². The van der Waals surface area contributed by atoms with Crippen LogP contribution in [-0.2, 0) is 11.4 Å². The van der Waals surface area contributed by atoms with E-state index in [1.165, 1.54) is 24.3 Å². The minimum Gasteiger partial charge on any atom is -0.489 e. The molecule has 2 aromatic carbocycles. The van der Waals surface area contributed by atoms with Crippen molar-refractivity contribution in [2.45, 2.75) is 33.7 Å². The molecule has 0 bridgehead atoms. The average molecular weight is 537 g/mol. The first-order chi connectivity index (χ1) is 18.6. The highest BCUT2D eigenvalue weighted by Crippen LogP contribution is 2.29. The van der Waals surface area contributed by atoms with E-state index in [9.17, 15) is 13.2 Å². The molecule has 0 fully saturated rings. The zero-order valence-corrected chi connectivity index (χ0v) is 21.7. The molecular formula is C29H27F3N4O3. The van der Waals surface area contributed by atoms with Crippen LogP contribution in [0.2, 0.25) is 0 Å². The largest absolute Gasteiger partial charge is 0.573 e. The molecule has 0 saturated carbocycles. The number of imidazole rings is 1. The van der Waals surface area contributed by atoms with E-state index in [4.69, 9.17) is 9.57 Å². The van der Waals surface area contributed by atoms with Gasteiger partial charge >= 0.3 is 6.36 Å². The molecule has 0 spiro atoms. The van der Waals surface area contributed by atoms with Gasteiger partial charge in [-0.3, -0.25) is 4.98 Å². The maximum absolute atomic E-state index is 12.4. The van der Waals surface area contributed by atoms with E-state index in [1.54, 1.807) is 29.4 Å². The van der Waals surface area contributed by atoms with Crippen LogP contribution in [0.25, 0.3) is 16.9 Å². The lowest BCUT2D eigenvalue weighted by atomic mass is 10.1. The summed E-state index contributed by atoms with van der Waals surface area (Å²) in [5.74, 6) is 0.458. The second-order valence-electron chi connectivity index (χ2n) is 8.65. The molecular weight excluding hydrogens is 509 g/mol. The van der Waals surface area contributed by atoms with Crippen LogP contribution >= 0.6 is 0 Å². The second-order valence-corrected chi connectivity index (χ2v) is 8.65.